The quantitative estimate of drug-likeness (QED) is 0.123. The summed E-state index contributed by atoms with van der Waals surface area (Å²) in [5.74, 6) is 0. The maximum atomic E-state index is 13.5. The third-order valence-electron chi connectivity index (χ3n) is 2.93. The van der Waals surface area contributed by atoms with E-state index in [1.165, 1.54) is 0 Å². The molecule has 0 aromatic heterocycles. The molecule has 0 spiro atoms. The predicted octanol–water partition coefficient (Wildman–Crippen LogP) is -2.22. The first-order valence-electron chi connectivity index (χ1n) is 5.87. The van der Waals surface area contributed by atoms with Crippen LogP contribution in [0.4, 0.5) is 17.6 Å². The van der Waals surface area contributed by atoms with Gasteiger partial charge in [-0.25, -0.2) is 25.3 Å². The topological polar surface area (TPSA) is 173 Å². The van der Waals surface area contributed by atoms with E-state index >= 15 is 0 Å². The van der Waals surface area contributed by atoms with Gasteiger partial charge in [0, 0.05) is 26.2 Å². The van der Waals surface area contributed by atoms with Gasteiger partial charge in [0.2, 0.25) is 0 Å². The van der Waals surface area contributed by atoms with Crippen LogP contribution in [0, 0.1) is 0 Å². The number of piperazine rings is 1. The first-order chi connectivity index (χ1) is 11.5. The summed E-state index contributed by atoms with van der Waals surface area (Å²) >= 11 is -1.18. The molecule has 0 aliphatic carbocycles. The minimum atomic E-state index is -6.61. The van der Waals surface area contributed by atoms with E-state index in [1.807, 2.05) is 0 Å². The Bertz CT molecular complexity index is 820. The molecule has 1 fully saturated rings. The van der Waals surface area contributed by atoms with Crippen molar-refractivity contribution in [1.29, 1.82) is 0 Å². The van der Waals surface area contributed by atoms with E-state index in [0.29, 0.717) is 0 Å². The summed E-state index contributed by atoms with van der Waals surface area (Å²) in [5, 5.41) is 12.1. The van der Waals surface area contributed by atoms with E-state index in [4.69, 9.17) is 0 Å². The zero-order chi connectivity index (χ0) is 20.6. The summed E-state index contributed by atoms with van der Waals surface area (Å²) in [6, 6.07) is 0. The minimum Gasteiger partial charge on any atom is -0.742 e. The number of sulfonamides is 2. The van der Waals surface area contributed by atoms with Crippen molar-refractivity contribution in [3.8, 4) is 0 Å². The second-order valence-electron chi connectivity index (χ2n) is 4.41. The molecule has 0 atom stereocenters. The van der Waals surface area contributed by atoms with E-state index < -0.39 is 77.6 Å². The lowest BCUT2D eigenvalue weighted by atomic mass is 10.4. The third kappa shape index (κ3) is 4.23. The normalized spacial score (nSPS) is 19.6. The van der Waals surface area contributed by atoms with Crippen LogP contribution in [0.15, 0.2) is 0 Å². The molecule has 1 aliphatic rings. The highest BCUT2D eigenvalue weighted by molar-refractivity contribution is 8.10. The number of rotatable bonds is 8. The highest BCUT2D eigenvalue weighted by atomic mass is 32.3. The smallest absolute Gasteiger partial charge is 0.447 e. The van der Waals surface area contributed by atoms with E-state index in [1.54, 1.807) is 0 Å². The summed E-state index contributed by atoms with van der Waals surface area (Å²) < 4.78 is 124. The van der Waals surface area contributed by atoms with Crippen LogP contribution in [0.1, 0.15) is 0 Å². The molecule has 12 nitrogen and oxygen atoms in total. The Kier molecular flexibility index (Phi) is 6.93. The van der Waals surface area contributed by atoms with Crippen LogP contribution in [0.5, 0.6) is 0 Å². The maximum absolute atomic E-state index is 13.5. The van der Waals surface area contributed by atoms with Crippen molar-refractivity contribution in [3.05, 3.63) is 0 Å². The minimum absolute atomic E-state index is 0.00990. The van der Waals surface area contributed by atoms with Crippen molar-refractivity contribution in [3.63, 3.8) is 0 Å². The lowest BCUT2D eigenvalue weighted by molar-refractivity contribution is -0.777. The zero-order valence-corrected chi connectivity index (χ0v) is 15.2. The van der Waals surface area contributed by atoms with Gasteiger partial charge < -0.3 is 9.81 Å². The third-order valence-corrected chi connectivity index (χ3v) is 9.20. The number of hydrogen-bond acceptors (Lipinski definition) is 11. The summed E-state index contributed by atoms with van der Waals surface area (Å²) in [6.45, 7) is -4.45. The van der Waals surface area contributed by atoms with E-state index in [-0.39, 0.29) is 8.61 Å². The van der Waals surface area contributed by atoms with Crippen molar-refractivity contribution in [2.75, 3.05) is 26.2 Å². The molecule has 0 radical (unpaired) electrons. The summed E-state index contributed by atoms with van der Waals surface area (Å²) in [7, 11) is -18.2. The van der Waals surface area contributed by atoms with E-state index in [2.05, 4.69) is 9.37 Å². The van der Waals surface area contributed by atoms with Gasteiger partial charge in [0.15, 0.2) is 10.1 Å². The van der Waals surface area contributed by atoms with E-state index in [9.17, 15) is 52.6 Å². The van der Waals surface area contributed by atoms with Gasteiger partial charge in [-0.3, -0.25) is 5.04 Å². The fraction of sp³-hybridized carbons (Fsp3) is 1.00. The molecule has 0 bridgehead atoms. The average molecular weight is 472 g/mol. The van der Waals surface area contributed by atoms with Crippen LogP contribution in [0.3, 0.4) is 0 Å². The average Bonchev–Trinajstić information content (AvgIpc) is 2.51. The summed E-state index contributed by atoms with van der Waals surface area (Å²) in [4.78, 5) is 0. The molecule has 1 rings (SSSR count). The number of hydrogen-bond donors (Lipinski definition) is 0. The van der Waals surface area contributed by atoms with Crippen molar-refractivity contribution < 1.29 is 62.0 Å². The van der Waals surface area contributed by atoms with Crippen LogP contribution < -0.4 is 5.26 Å². The van der Waals surface area contributed by atoms with Crippen LogP contribution in [0.2, 0.25) is 0 Å². The molecule has 20 heteroatoms. The number of halogens is 4. The molecule has 1 heterocycles. The van der Waals surface area contributed by atoms with Crippen molar-refractivity contribution in [1.82, 2.24) is 8.61 Å². The molecular weight excluding hydrogens is 464 g/mol. The molecule has 156 valence electrons. The van der Waals surface area contributed by atoms with Crippen molar-refractivity contribution in [2.24, 2.45) is 0 Å². The molecule has 0 unspecified atom stereocenters. The van der Waals surface area contributed by atoms with Crippen molar-refractivity contribution >= 4 is 42.2 Å². The van der Waals surface area contributed by atoms with Crippen LogP contribution in [0.25, 0.3) is 0 Å². The monoisotopic (exact) mass is 472 g/mol. The van der Waals surface area contributed by atoms with E-state index in [0.717, 1.165) is 0 Å². The molecular formula is C6H8F4N2O10S4-2. The largest absolute Gasteiger partial charge is 0.742 e. The van der Waals surface area contributed by atoms with Gasteiger partial charge in [0.25, 0.3) is 20.0 Å². The molecule has 0 amide bonds. The standard InChI is InChI=1S/C6H10F4N2O10S4/c7-5(8,23-22-21-13)24(14,15)11-1-3-12(4-2-11)25(16,17)6(9,10)26(18,19)20/h13H,1-4H2,(H,18,19,20)/p-2. The van der Waals surface area contributed by atoms with Gasteiger partial charge in [-0.05, 0) is 0 Å². The fourth-order valence-electron chi connectivity index (χ4n) is 1.68. The summed E-state index contributed by atoms with van der Waals surface area (Å²) in [6.07, 6.45) is 0. The molecule has 0 aromatic carbocycles. The second-order valence-corrected chi connectivity index (χ2v) is 11.1. The highest BCUT2D eigenvalue weighted by Gasteiger charge is 2.57. The highest BCUT2D eigenvalue weighted by Crippen LogP contribution is 2.38. The Morgan fingerprint density at radius 3 is 1.58 bits per heavy atom. The first kappa shape index (κ1) is 23.7. The van der Waals surface area contributed by atoms with Gasteiger partial charge in [0.1, 0.15) is 12.0 Å². The Balaban J connectivity index is 2.97. The maximum Gasteiger partial charge on any atom is 0.447 e. The fourth-order valence-corrected chi connectivity index (χ4v) is 5.76. The van der Waals surface area contributed by atoms with Crippen LogP contribution >= 0.6 is 12.0 Å². The molecule has 0 saturated carbocycles. The van der Waals surface area contributed by atoms with Crippen LogP contribution in [-0.2, 0) is 39.5 Å². The lowest BCUT2D eigenvalue weighted by Crippen LogP contribution is -2.57. The molecule has 1 aliphatic heterocycles. The summed E-state index contributed by atoms with van der Waals surface area (Å²) in [5.41, 5.74) is 0. The predicted molar refractivity (Wildman–Crippen MR) is 70.3 cm³/mol. The Labute approximate surface area is 148 Å². The van der Waals surface area contributed by atoms with Gasteiger partial charge in [-0.15, -0.1) is 0 Å². The Morgan fingerprint density at radius 1 is 0.846 bits per heavy atom. The van der Waals surface area contributed by atoms with Gasteiger partial charge in [-0.1, -0.05) is 0 Å². The zero-order valence-electron chi connectivity index (χ0n) is 12.0. The first-order valence-corrected chi connectivity index (χ1v) is 10.9. The van der Waals surface area contributed by atoms with Gasteiger partial charge in [0.05, 0.1) is 0 Å². The molecule has 26 heavy (non-hydrogen) atoms. The number of nitrogens with zero attached hydrogens (tertiary/aromatic N) is 2. The molecule has 0 aromatic rings. The SMILES string of the molecule is O=S(=O)([O-])C(F)(F)S(=O)(=O)N1CCN(S(=O)(=O)C(F)(F)SOO[O-])CC1. The Morgan fingerprint density at radius 2 is 1.23 bits per heavy atom. The molecule has 0 N–H and O–H groups in total. The lowest BCUT2D eigenvalue weighted by Gasteiger charge is -2.36. The van der Waals surface area contributed by atoms with Gasteiger partial charge >= 0.3 is 9.17 Å². The van der Waals surface area contributed by atoms with Gasteiger partial charge in [-0.2, -0.15) is 30.5 Å². The second kappa shape index (κ2) is 7.60. The number of alkyl halides is 4. The van der Waals surface area contributed by atoms with Crippen LogP contribution in [-0.4, -0.2) is 73.8 Å². The Hall–Kier alpha value is -0.320. The van der Waals surface area contributed by atoms with Crippen molar-refractivity contribution in [2.45, 2.75) is 9.17 Å². The molecule has 1 saturated heterocycles.